The van der Waals surface area contributed by atoms with Crippen molar-refractivity contribution in [3.8, 4) is 0 Å². The Kier molecular flexibility index (Phi) is 2.10. The van der Waals surface area contributed by atoms with Crippen LogP contribution in [-0.4, -0.2) is 17.9 Å². The Labute approximate surface area is 89.7 Å². The summed E-state index contributed by atoms with van der Waals surface area (Å²) in [5.41, 5.74) is 2.29. The van der Waals surface area contributed by atoms with Gasteiger partial charge in [0, 0.05) is 24.1 Å². The predicted octanol–water partition coefficient (Wildman–Crippen LogP) is 1.89. The van der Waals surface area contributed by atoms with Gasteiger partial charge < -0.3 is 5.32 Å². The summed E-state index contributed by atoms with van der Waals surface area (Å²) in [4.78, 5) is 11.7. The van der Waals surface area contributed by atoms with E-state index in [4.69, 9.17) is 0 Å². The molecule has 0 aromatic heterocycles. The van der Waals surface area contributed by atoms with Crippen molar-refractivity contribution in [3.05, 3.63) is 35.5 Å². The van der Waals surface area contributed by atoms with Crippen LogP contribution < -0.4 is 5.32 Å². The van der Waals surface area contributed by atoms with Crippen LogP contribution in [0.15, 0.2) is 35.5 Å². The van der Waals surface area contributed by atoms with Gasteiger partial charge in [0.2, 0.25) is 0 Å². The van der Waals surface area contributed by atoms with Crippen molar-refractivity contribution in [1.82, 2.24) is 5.32 Å². The molecule has 2 aliphatic carbocycles. The van der Waals surface area contributed by atoms with Crippen LogP contribution in [0.3, 0.4) is 0 Å². The second-order valence-corrected chi connectivity index (χ2v) is 4.52. The van der Waals surface area contributed by atoms with Gasteiger partial charge in [-0.3, -0.25) is 4.79 Å². The summed E-state index contributed by atoms with van der Waals surface area (Å²) in [6, 6.07) is 0.759. The van der Waals surface area contributed by atoms with Crippen LogP contribution in [0.25, 0.3) is 0 Å². The topological polar surface area (TPSA) is 29.1 Å². The fourth-order valence-electron chi connectivity index (χ4n) is 2.70. The first-order valence-electron chi connectivity index (χ1n) is 5.72. The van der Waals surface area contributed by atoms with Crippen molar-refractivity contribution in [2.24, 2.45) is 0 Å². The molecule has 1 saturated carbocycles. The van der Waals surface area contributed by atoms with E-state index in [2.05, 4.69) is 29.6 Å². The number of nitrogens with one attached hydrogen (secondary N) is 1. The number of Topliss-reactive ketones (excluding diaryl/α,β-unsaturated/α-hetero) is 1. The van der Waals surface area contributed by atoms with Crippen LogP contribution in [0.1, 0.15) is 25.7 Å². The van der Waals surface area contributed by atoms with E-state index in [1.165, 1.54) is 5.57 Å². The third kappa shape index (κ3) is 1.49. The van der Waals surface area contributed by atoms with E-state index in [9.17, 15) is 4.79 Å². The number of carbonyl (C=O) groups is 1. The molecule has 2 heteroatoms. The molecule has 0 aromatic rings. The maximum atomic E-state index is 11.7. The zero-order valence-corrected chi connectivity index (χ0v) is 8.70. The van der Waals surface area contributed by atoms with E-state index in [-0.39, 0.29) is 0 Å². The first-order chi connectivity index (χ1) is 7.34. The summed E-state index contributed by atoms with van der Waals surface area (Å²) in [5.74, 6) is 0.340. The van der Waals surface area contributed by atoms with Gasteiger partial charge in [-0.05, 0) is 30.9 Å². The number of allylic oxidation sites excluding steroid dienone is 2. The number of carbonyl (C=O) groups excluding carboxylic acids is 1. The Balaban J connectivity index is 1.98. The van der Waals surface area contributed by atoms with Crippen LogP contribution in [-0.2, 0) is 4.79 Å². The number of hydrogen-bond donors (Lipinski definition) is 1. The summed E-state index contributed by atoms with van der Waals surface area (Å²) in [7, 11) is 0. The summed E-state index contributed by atoms with van der Waals surface area (Å²) in [6.07, 6.45) is 12.4. The molecular formula is C13H15NO. The minimum Gasteiger partial charge on any atom is -0.303 e. The smallest absolute Gasteiger partial charge is 0.160 e. The number of ketones is 1. The van der Waals surface area contributed by atoms with Gasteiger partial charge in [-0.25, -0.2) is 0 Å². The molecule has 0 amide bonds. The second kappa shape index (κ2) is 3.46. The molecule has 2 atom stereocenters. The molecule has 1 fully saturated rings. The first kappa shape index (κ1) is 9.10. The van der Waals surface area contributed by atoms with Gasteiger partial charge in [0.25, 0.3) is 0 Å². The monoisotopic (exact) mass is 201 g/mol. The average Bonchev–Trinajstić information content (AvgIpc) is 2.27. The van der Waals surface area contributed by atoms with Gasteiger partial charge >= 0.3 is 0 Å². The summed E-state index contributed by atoms with van der Waals surface area (Å²) >= 11 is 0. The third-order valence-electron chi connectivity index (χ3n) is 3.52. The highest BCUT2D eigenvalue weighted by atomic mass is 16.1. The zero-order chi connectivity index (χ0) is 10.3. The molecule has 78 valence electrons. The Hall–Kier alpha value is -1.15. The minimum absolute atomic E-state index is 0.319. The molecule has 0 radical (unpaired) electrons. The Morgan fingerprint density at radius 2 is 2.27 bits per heavy atom. The molecule has 3 aliphatic rings. The van der Waals surface area contributed by atoms with Gasteiger partial charge in [-0.1, -0.05) is 18.2 Å². The number of fused-ring (bicyclic) bond motifs is 2. The maximum absolute atomic E-state index is 11.7. The molecule has 2 unspecified atom stereocenters. The summed E-state index contributed by atoms with van der Waals surface area (Å²) in [6.45, 7) is 0. The van der Waals surface area contributed by atoms with Crippen molar-refractivity contribution >= 4 is 5.78 Å². The SMILES string of the molecule is O=C1CCCC2NC3CC=CC=C3C=C12. The molecule has 1 N–H and O–H groups in total. The van der Waals surface area contributed by atoms with E-state index < -0.39 is 0 Å². The van der Waals surface area contributed by atoms with Crippen molar-refractivity contribution in [3.63, 3.8) is 0 Å². The molecule has 0 spiro atoms. The zero-order valence-electron chi connectivity index (χ0n) is 8.70. The molecule has 1 heterocycles. The van der Waals surface area contributed by atoms with Gasteiger partial charge in [-0.15, -0.1) is 0 Å². The third-order valence-corrected chi connectivity index (χ3v) is 3.52. The normalized spacial score (nSPS) is 34.0. The van der Waals surface area contributed by atoms with E-state index in [0.29, 0.717) is 17.9 Å². The number of hydrogen-bond acceptors (Lipinski definition) is 2. The van der Waals surface area contributed by atoms with Crippen molar-refractivity contribution in [2.45, 2.75) is 37.8 Å². The van der Waals surface area contributed by atoms with Crippen LogP contribution in [0.2, 0.25) is 0 Å². The lowest BCUT2D eigenvalue weighted by Gasteiger charge is -2.35. The average molecular weight is 201 g/mol. The highest BCUT2D eigenvalue weighted by Crippen LogP contribution is 2.29. The predicted molar refractivity (Wildman–Crippen MR) is 59.5 cm³/mol. The van der Waals surface area contributed by atoms with Gasteiger partial charge in [0.05, 0.1) is 0 Å². The summed E-state index contributed by atoms with van der Waals surface area (Å²) < 4.78 is 0. The van der Waals surface area contributed by atoms with E-state index >= 15 is 0 Å². The van der Waals surface area contributed by atoms with Crippen LogP contribution in [0, 0.1) is 0 Å². The lowest BCUT2D eigenvalue weighted by atomic mass is 9.81. The van der Waals surface area contributed by atoms with Gasteiger partial charge in [-0.2, -0.15) is 0 Å². The standard InChI is InChI=1S/C13H15NO/c15-13-7-3-6-12-10(13)8-9-4-1-2-5-11(9)14-12/h1-2,4,8,11-12,14H,3,5-7H2. The maximum Gasteiger partial charge on any atom is 0.160 e. The fraction of sp³-hybridized carbons (Fsp3) is 0.462. The molecule has 0 bridgehead atoms. The minimum atomic E-state index is 0.319. The van der Waals surface area contributed by atoms with Crippen molar-refractivity contribution in [2.75, 3.05) is 0 Å². The van der Waals surface area contributed by atoms with E-state index in [0.717, 1.165) is 31.3 Å². The van der Waals surface area contributed by atoms with E-state index in [1.807, 2.05) is 0 Å². The Bertz CT molecular complexity index is 389. The number of rotatable bonds is 0. The fourth-order valence-corrected chi connectivity index (χ4v) is 2.70. The summed E-state index contributed by atoms with van der Waals surface area (Å²) in [5, 5.41) is 3.58. The van der Waals surface area contributed by atoms with Crippen LogP contribution >= 0.6 is 0 Å². The van der Waals surface area contributed by atoms with Crippen LogP contribution in [0.4, 0.5) is 0 Å². The largest absolute Gasteiger partial charge is 0.303 e. The quantitative estimate of drug-likeness (QED) is 0.648. The van der Waals surface area contributed by atoms with Gasteiger partial charge in [0.1, 0.15) is 0 Å². The Morgan fingerprint density at radius 3 is 3.20 bits per heavy atom. The molecule has 3 rings (SSSR count). The molecule has 2 nitrogen and oxygen atoms in total. The molecule has 15 heavy (non-hydrogen) atoms. The molecule has 1 aliphatic heterocycles. The second-order valence-electron chi connectivity index (χ2n) is 4.52. The molecule has 0 saturated heterocycles. The highest BCUT2D eigenvalue weighted by molar-refractivity contribution is 5.98. The highest BCUT2D eigenvalue weighted by Gasteiger charge is 2.32. The molecular weight excluding hydrogens is 186 g/mol. The Morgan fingerprint density at radius 1 is 1.33 bits per heavy atom. The lowest BCUT2D eigenvalue weighted by Crippen LogP contribution is -2.47. The van der Waals surface area contributed by atoms with E-state index in [1.54, 1.807) is 0 Å². The molecule has 0 aromatic carbocycles. The van der Waals surface area contributed by atoms with Crippen LogP contribution in [0.5, 0.6) is 0 Å². The van der Waals surface area contributed by atoms with Gasteiger partial charge in [0.15, 0.2) is 5.78 Å². The lowest BCUT2D eigenvalue weighted by molar-refractivity contribution is -0.116. The van der Waals surface area contributed by atoms with Crippen molar-refractivity contribution < 1.29 is 4.79 Å². The first-order valence-corrected chi connectivity index (χ1v) is 5.72. The van der Waals surface area contributed by atoms with Crippen molar-refractivity contribution in [1.29, 1.82) is 0 Å².